The van der Waals surface area contributed by atoms with Crippen LogP contribution in [-0.2, 0) is 11.2 Å². The monoisotopic (exact) mass is 340 g/mol. The second kappa shape index (κ2) is 5.62. The van der Waals surface area contributed by atoms with Crippen molar-refractivity contribution in [1.29, 1.82) is 0 Å². The molecule has 1 saturated carbocycles. The number of aromatic nitrogens is 3. The molecule has 3 fully saturated rings. The van der Waals surface area contributed by atoms with Gasteiger partial charge in [-0.15, -0.1) is 10.2 Å². The fourth-order valence-electron chi connectivity index (χ4n) is 4.04. The van der Waals surface area contributed by atoms with E-state index in [4.69, 9.17) is 9.15 Å². The third-order valence-electron chi connectivity index (χ3n) is 5.63. The number of rotatable bonds is 4. The van der Waals surface area contributed by atoms with Crippen molar-refractivity contribution in [2.75, 3.05) is 26.3 Å². The molecule has 1 aliphatic carbocycles. The van der Waals surface area contributed by atoms with Crippen molar-refractivity contribution in [3.63, 3.8) is 0 Å². The number of carbonyl (C=O) groups is 1. The number of ether oxygens (including phenoxy) is 1. The van der Waals surface area contributed by atoms with E-state index in [1.165, 1.54) is 0 Å². The number of amides is 1. The van der Waals surface area contributed by atoms with Crippen molar-refractivity contribution in [3.05, 3.63) is 41.9 Å². The molecule has 1 amide bonds. The molecule has 0 spiro atoms. The molecule has 4 heterocycles. The molecule has 0 radical (unpaired) electrons. The lowest BCUT2D eigenvalue weighted by Gasteiger charge is -2.25. The normalized spacial score (nSPS) is 28.3. The number of likely N-dealkylation sites (tertiary alicyclic amines) is 1. The van der Waals surface area contributed by atoms with Crippen LogP contribution in [0.2, 0.25) is 0 Å². The highest BCUT2D eigenvalue weighted by atomic mass is 16.5. The Hall–Kier alpha value is -2.28. The zero-order chi connectivity index (χ0) is 16.9. The van der Waals surface area contributed by atoms with Gasteiger partial charge in [-0.1, -0.05) is 0 Å². The molecule has 0 N–H and O–H groups in total. The second-order valence-electron chi connectivity index (χ2n) is 7.49. The van der Waals surface area contributed by atoms with Crippen molar-refractivity contribution < 1.29 is 13.9 Å². The number of hydrogen-bond acceptors (Lipinski definition) is 6. The van der Waals surface area contributed by atoms with Gasteiger partial charge in [0, 0.05) is 49.2 Å². The van der Waals surface area contributed by atoms with Crippen LogP contribution in [0.1, 0.15) is 40.9 Å². The summed E-state index contributed by atoms with van der Waals surface area (Å²) >= 11 is 0. The Bertz CT molecular complexity index is 789. The van der Waals surface area contributed by atoms with Gasteiger partial charge in [-0.25, -0.2) is 0 Å². The van der Waals surface area contributed by atoms with Crippen LogP contribution in [0.25, 0.3) is 0 Å². The van der Waals surface area contributed by atoms with Crippen molar-refractivity contribution in [3.8, 4) is 0 Å². The molecule has 0 bridgehead atoms. The zero-order valence-corrected chi connectivity index (χ0v) is 13.9. The van der Waals surface area contributed by atoms with Crippen LogP contribution >= 0.6 is 0 Å². The molecule has 7 heteroatoms. The third-order valence-corrected chi connectivity index (χ3v) is 5.63. The van der Waals surface area contributed by atoms with Crippen LogP contribution in [-0.4, -0.2) is 52.3 Å². The average Bonchev–Trinajstić information content (AvgIpc) is 3.11. The lowest BCUT2D eigenvalue weighted by Crippen LogP contribution is -2.35. The van der Waals surface area contributed by atoms with Crippen LogP contribution in [0.15, 0.2) is 28.9 Å². The molecular formula is C18H20N4O3. The topological polar surface area (TPSA) is 81.4 Å². The molecule has 7 nitrogen and oxygen atoms in total. The van der Waals surface area contributed by atoms with Gasteiger partial charge in [0.2, 0.25) is 11.8 Å². The van der Waals surface area contributed by atoms with Gasteiger partial charge in [-0.05, 0) is 25.0 Å². The molecule has 0 unspecified atom stereocenters. The first-order chi connectivity index (χ1) is 12.2. The van der Waals surface area contributed by atoms with E-state index in [0.29, 0.717) is 56.0 Å². The van der Waals surface area contributed by atoms with E-state index >= 15 is 0 Å². The Labute approximate surface area is 145 Å². The summed E-state index contributed by atoms with van der Waals surface area (Å²) in [6.07, 6.45) is 6.27. The average molecular weight is 340 g/mol. The largest absolute Gasteiger partial charge is 0.425 e. The Morgan fingerprint density at radius 3 is 3.08 bits per heavy atom. The van der Waals surface area contributed by atoms with Crippen LogP contribution in [0.3, 0.4) is 0 Å². The predicted octanol–water partition coefficient (Wildman–Crippen LogP) is 1.67. The minimum atomic E-state index is -0.120. The van der Waals surface area contributed by atoms with E-state index in [2.05, 4.69) is 15.2 Å². The van der Waals surface area contributed by atoms with Gasteiger partial charge in [-0.3, -0.25) is 9.78 Å². The van der Waals surface area contributed by atoms with Gasteiger partial charge >= 0.3 is 0 Å². The minimum absolute atomic E-state index is 0.0334. The molecule has 5 rings (SSSR count). The van der Waals surface area contributed by atoms with Gasteiger partial charge < -0.3 is 14.1 Å². The SMILES string of the molecule is O=C(c1cccnc1)N1C[C@@H]2COC[C@]2(Cc2nnc(C3CC3)o2)C1. The van der Waals surface area contributed by atoms with Crippen LogP contribution in [0.5, 0.6) is 0 Å². The molecule has 2 atom stereocenters. The first-order valence-electron chi connectivity index (χ1n) is 8.83. The van der Waals surface area contributed by atoms with E-state index < -0.39 is 0 Å². The molecule has 3 aliphatic rings. The molecule has 2 aromatic heterocycles. The fraction of sp³-hybridized carbons (Fsp3) is 0.556. The molecule has 25 heavy (non-hydrogen) atoms. The summed E-state index contributed by atoms with van der Waals surface area (Å²) in [6.45, 7) is 2.68. The van der Waals surface area contributed by atoms with Gasteiger partial charge in [0.15, 0.2) is 0 Å². The number of hydrogen-bond donors (Lipinski definition) is 0. The number of nitrogens with zero attached hydrogens (tertiary/aromatic N) is 4. The molecule has 130 valence electrons. The van der Waals surface area contributed by atoms with Gasteiger partial charge in [0.1, 0.15) is 0 Å². The fourth-order valence-corrected chi connectivity index (χ4v) is 4.04. The van der Waals surface area contributed by atoms with E-state index in [1.807, 2.05) is 11.0 Å². The predicted molar refractivity (Wildman–Crippen MR) is 86.9 cm³/mol. The summed E-state index contributed by atoms with van der Waals surface area (Å²) in [7, 11) is 0. The summed E-state index contributed by atoms with van der Waals surface area (Å²) in [5, 5.41) is 8.43. The van der Waals surface area contributed by atoms with Crippen molar-refractivity contribution in [1.82, 2.24) is 20.1 Å². The molecule has 2 saturated heterocycles. The molecule has 0 aromatic carbocycles. The van der Waals surface area contributed by atoms with Crippen molar-refractivity contribution in [2.24, 2.45) is 11.3 Å². The van der Waals surface area contributed by atoms with Crippen LogP contribution < -0.4 is 0 Å². The summed E-state index contributed by atoms with van der Waals surface area (Å²) in [4.78, 5) is 18.7. The first kappa shape index (κ1) is 15.0. The smallest absolute Gasteiger partial charge is 0.255 e. The zero-order valence-electron chi connectivity index (χ0n) is 13.9. The highest BCUT2D eigenvalue weighted by Crippen LogP contribution is 2.45. The number of carbonyl (C=O) groups excluding carboxylic acids is 1. The Morgan fingerprint density at radius 1 is 1.36 bits per heavy atom. The molecular weight excluding hydrogens is 320 g/mol. The highest BCUT2D eigenvalue weighted by molar-refractivity contribution is 5.94. The molecule has 2 aliphatic heterocycles. The minimum Gasteiger partial charge on any atom is -0.425 e. The summed E-state index contributed by atoms with van der Waals surface area (Å²) in [5.41, 5.74) is 0.512. The Morgan fingerprint density at radius 2 is 2.28 bits per heavy atom. The first-order valence-corrected chi connectivity index (χ1v) is 8.83. The maximum absolute atomic E-state index is 12.8. The van der Waals surface area contributed by atoms with Gasteiger partial charge in [-0.2, -0.15) is 0 Å². The lowest BCUT2D eigenvalue weighted by atomic mass is 9.78. The van der Waals surface area contributed by atoms with E-state index in [-0.39, 0.29) is 11.3 Å². The third kappa shape index (κ3) is 2.63. The van der Waals surface area contributed by atoms with E-state index in [1.54, 1.807) is 18.5 Å². The number of fused-ring (bicyclic) bond motifs is 1. The summed E-state index contributed by atoms with van der Waals surface area (Å²) < 4.78 is 11.6. The maximum Gasteiger partial charge on any atom is 0.255 e. The Balaban J connectivity index is 1.35. The lowest BCUT2D eigenvalue weighted by molar-refractivity contribution is 0.0714. The molecule has 2 aromatic rings. The van der Waals surface area contributed by atoms with E-state index in [9.17, 15) is 4.79 Å². The van der Waals surface area contributed by atoms with Gasteiger partial charge in [0.25, 0.3) is 5.91 Å². The van der Waals surface area contributed by atoms with Crippen molar-refractivity contribution >= 4 is 5.91 Å². The van der Waals surface area contributed by atoms with Crippen LogP contribution in [0.4, 0.5) is 0 Å². The van der Waals surface area contributed by atoms with Crippen LogP contribution in [0, 0.1) is 11.3 Å². The standard InChI is InChI=1S/C18H20N4O3/c23-17(13-2-1-5-19-7-13)22-8-14-9-24-11-18(14,10-22)6-15-20-21-16(25-15)12-3-4-12/h1-2,5,7,12,14H,3-4,6,8-11H2/t14-,18+/m1/s1. The van der Waals surface area contributed by atoms with E-state index in [0.717, 1.165) is 18.7 Å². The second-order valence-corrected chi connectivity index (χ2v) is 7.49. The maximum atomic E-state index is 12.8. The quantitative estimate of drug-likeness (QED) is 0.842. The number of pyridine rings is 1. The summed E-state index contributed by atoms with van der Waals surface area (Å²) in [5.74, 6) is 2.24. The Kier molecular flexibility index (Phi) is 3.38. The highest BCUT2D eigenvalue weighted by Gasteiger charge is 2.52. The van der Waals surface area contributed by atoms with Gasteiger partial charge in [0.05, 0.1) is 18.8 Å². The summed E-state index contributed by atoms with van der Waals surface area (Å²) in [6, 6.07) is 3.60. The van der Waals surface area contributed by atoms with Crippen molar-refractivity contribution in [2.45, 2.75) is 25.2 Å².